The van der Waals surface area contributed by atoms with Crippen LogP contribution in [0.1, 0.15) is 15.9 Å². The second-order valence-electron chi connectivity index (χ2n) is 8.24. The molecule has 0 N–H and O–H groups in total. The minimum absolute atomic E-state index is 0.0724. The van der Waals surface area contributed by atoms with Gasteiger partial charge in [-0.1, -0.05) is 12.1 Å². The van der Waals surface area contributed by atoms with Gasteiger partial charge in [0.05, 0.1) is 12.7 Å². The Morgan fingerprint density at radius 1 is 1.06 bits per heavy atom. The number of hydrogen-bond donors (Lipinski definition) is 0. The lowest BCUT2D eigenvalue weighted by atomic mass is 10.1. The van der Waals surface area contributed by atoms with Crippen LogP contribution in [0.5, 0.6) is 11.5 Å². The van der Waals surface area contributed by atoms with Crippen LogP contribution >= 0.6 is 0 Å². The Bertz CT molecular complexity index is 1160. The number of nitrogens with zero attached hydrogens (tertiary/aromatic N) is 3. The highest BCUT2D eigenvalue weighted by atomic mass is 16.5. The van der Waals surface area contributed by atoms with Crippen LogP contribution in [0.2, 0.25) is 0 Å². The number of ether oxygens (including phenoxy) is 2. The maximum atomic E-state index is 12.8. The first kappa shape index (κ1) is 19.8. The molecule has 0 spiro atoms. The fourth-order valence-corrected chi connectivity index (χ4v) is 4.33. The highest BCUT2D eigenvalue weighted by molar-refractivity contribution is 6.15. The van der Waals surface area contributed by atoms with Gasteiger partial charge in [-0.2, -0.15) is 0 Å². The van der Waals surface area contributed by atoms with Gasteiger partial charge in [0.2, 0.25) is 5.78 Å². The molecule has 0 amide bonds. The second kappa shape index (κ2) is 8.21. The summed E-state index contributed by atoms with van der Waals surface area (Å²) >= 11 is 0. The number of fused-ring (bicyclic) bond motifs is 2. The van der Waals surface area contributed by atoms with E-state index < -0.39 is 0 Å². The van der Waals surface area contributed by atoms with Gasteiger partial charge in [-0.15, -0.1) is 0 Å². The molecular formula is C25H27N3O3. The summed E-state index contributed by atoms with van der Waals surface area (Å²) in [5.74, 6) is 1.71. The molecule has 1 saturated heterocycles. The molecule has 1 aromatic heterocycles. The van der Waals surface area contributed by atoms with E-state index in [-0.39, 0.29) is 5.78 Å². The van der Waals surface area contributed by atoms with Gasteiger partial charge < -0.3 is 18.9 Å². The number of ketones is 1. The molecule has 5 rings (SSSR count). The summed E-state index contributed by atoms with van der Waals surface area (Å²) in [6, 6.07) is 13.5. The average molecular weight is 418 g/mol. The number of Topliss-reactive ketones (excluding diaryl/α,β-unsaturated/α-hetero) is 1. The molecule has 0 radical (unpaired) electrons. The number of piperazine rings is 1. The molecule has 6 heteroatoms. The number of benzene rings is 2. The topological polar surface area (TPSA) is 46.9 Å². The van der Waals surface area contributed by atoms with Crippen LogP contribution in [0.3, 0.4) is 0 Å². The lowest BCUT2D eigenvalue weighted by molar-refractivity contribution is 0.101. The van der Waals surface area contributed by atoms with E-state index >= 15 is 0 Å². The molecule has 2 aliphatic rings. The predicted octanol–water partition coefficient (Wildman–Crippen LogP) is 3.51. The number of allylic oxidation sites excluding steroid dienone is 1. The summed E-state index contributed by atoms with van der Waals surface area (Å²) in [7, 11) is 3.85. The van der Waals surface area contributed by atoms with Crippen LogP contribution in [-0.4, -0.2) is 67.0 Å². The van der Waals surface area contributed by atoms with E-state index in [0.717, 1.165) is 61.5 Å². The molecule has 31 heavy (non-hydrogen) atoms. The smallest absolute Gasteiger partial charge is 0.231 e. The fourth-order valence-electron chi connectivity index (χ4n) is 4.33. The molecule has 0 aliphatic carbocycles. The Morgan fingerprint density at radius 2 is 1.87 bits per heavy atom. The lowest BCUT2D eigenvalue weighted by Gasteiger charge is -2.32. The van der Waals surface area contributed by atoms with Crippen molar-refractivity contribution >= 4 is 22.8 Å². The SMILES string of the molecule is COc1ccc2c(c1)c(/C=C1\Oc3ccccc3C1=O)cn2CCN1CCN(C)CC1. The van der Waals surface area contributed by atoms with Crippen LogP contribution < -0.4 is 9.47 Å². The Balaban J connectivity index is 1.46. The minimum atomic E-state index is -0.0724. The number of hydrogen-bond acceptors (Lipinski definition) is 5. The lowest BCUT2D eigenvalue weighted by Crippen LogP contribution is -2.45. The Morgan fingerprint density at radius 3 is 2.65 bits per heavy atom. The molecular weight excluding hydrogens is 390 g/mol. The van der Waals surface area contributed by atoms with Crippen molar-refractivity contribution in [1.82, 2.24) is 14.4 Å². The largest absolute Gasteiger partial charge is 0.497 e. The Labute approximate surface area is 182 Å². The zero-order valence-electron chi connectivity index (χ0n) is 18.0. The summed E-state index contributed by atoms with van der Waals surface area (Å²) in [5, 5.41) is 1.05. The molecule has 160 valence electrons. The third kappa shape index (κ3) is 3.84. The first-order chi connectivity index (χ1) is 15.1. The van der Waals surface area contributed by atoms with Gasteiger partial charge in [0.1, 0.15) is 11.5 Å². The second-order valence-corrected chi connectivity index (χ2v) is 8.24. The van der Waals surface area contributed by atoms with Crippen molar-refractivity contribution in [2.75, 3.05) is 46.9 Å². The van der Waals surface area contributed by atoms with Crippen molar-refractivity contribution in [3.63, 3.8) is 0 Å². The molecule has 6 nitrogen and oxygen atoms in total. The van der Waals surface area contributed by atoms with Crippen LogP contribution in [-0.2, 0) is 6.54 Å². The molecule has 3 aromatic rings. The van der Waals surface area contributed by atoms with Crippen molar-refractivity contribution in [1.29, 1.82) is 0 Å². The number of rotatable bonds is 5. The van der Waals surface area contributed by atoms with Gasteiger partial charge in [-0.25, -0.2) is 0 Å². The van der Waals surface area contributed by atoms with E-state index in [1.54, 1.807) is 13.2 Å². The van der Waals surface area contributed by atoms with E-state index in [0.29, 0.717) is 17.1 Å². The van der Waals surface area contributed by atoms with Crippen LogP contribution in [0, 0.1) is 0 Å². The van der Waals surface area contributed by atoms with Crippen molar-refractivity contribution in [3.8, 4) is 11.5 Å². The summed E-state index contributed by atoms with van der Waals surface area (Å²) < 4.78 is 13.6. The van der Waals surface area contributed by atoms with Crippen molar-refractivity contribution in [2.45, 2.75) is 6.54 Å². The fraction of sp³-hybridized carbons (Fsp3) is 0.320. The number of aromatic nitrogens is 1. The maximum Gasteiger partial charge on any atom is 0.231 e. The average Bonchev–Trinajstić information content (AvgIpc) is 3.30. The highest BCUT2D eigenvalue weighted by Gasteiger charge is 2.27. The maximum absolute atomic E-state index is 12.8. The molecule has 2 aliphatic heterocycles. The third-order valence-corrected chi connectivity index (χ3v) is 6.23. The zero-order chi connectivity index (χ0) is 21.4. The van der Waals surface area contributed by atoms with Gasteiger partial charge in [0.15, 0.2) is 5.76 Å². The van der Waals surface area contributed by atoms with Gasteiger partial charge in [-0.05, 0) is 43.5 Å². The van der Waals surface area contributed by atoms with E-state index in [1.807, 2.05) is 36.4 Å². The molecule has 0 bridgehead atoms. The molecule has 2 aromatic carbocycles. The molecule has 0 saturated carbocycles. The summed E-state index contributed by atoms with van der Waals surface area (Å²) in [4.78, 5) is 17.7. The van der Waals surface area contributed by atoms with E-state index in [9.17, 15) is 4.79 Å². The zero-order valence-corrected chi connectivity index (χ0v) is 18.0. The van der Waals surface area contributed by atoms with Crippen LogP contribution in [0.4, 0.5) is 0 Å². The van der Waals surface area contributed by atoms with Crippen LogP contribution in [0.25, 0.3) is 17.0 Å². The summed E-state index contributed by atoms with van der Waals surface area (Å²) in [6.45, 7) is 6.31. The van der Waals surface area contributed by atoms with Crippen LogP contribution in [0.15, 0.2) is 54.4 Å². The van der Waals surface area contributed by atoms with Gasteiger partial charge in [0.25, 0.3) is 0 Å². The van der Waals surface area contributed by atoms with Crippen molar-refractivity contribution in [3.05, 3.63) is 65.5 Å². The first-order valence-electron chi connectivity index (χ1n) is 10.7. The van der Waals surface area contributed by atoms with Gasteiger partial charge >= 0.3 is 0 Å². The van der Waals surface area contributed by atoms with Crippen molar-refractivity contribution in [2.24, 2.45) is 0 Å². The van der Waals surface area contributed by atoms with E-state index in [1.165, 1.54) is 0 Å². The predicted molar refractivity (Wildman–Crippen MR) is 122 cm³/mol. The first-order valence-corrected chi connectivity index (χ1v) is 10.7. The summed E-state index contributed by atoms with van der Waals surface area (Å²) in [6.07, 6.45) is 3.98. The Kier molecular flexibility index (Phi) is 5.26. The van der Waals surface area contributed by atoms with E-state index in [2.05, 4.69) is 33.7 Å². The number of carbonyl (C=O) groups is 1. The summed E-state index contributed by atoms with van der Waals surface area (Å²) in [5.41, 5.74) is 2.71. The normalized spacial score (nSPS) is 18.5. The third-order valence-electron chi connectivity index (χ3n) is 6.23. The monoisotopic (exact) mass is 417 g/mol. The minimum Gasteiger partial charge on any atom is -0.497 e. The van der Waals surface area contributed by atoms with Crippen molar-refractivity contribution < 1.29 is 14.3 Å². The number of methoxy groups -OCH3 is 1. The Hall–Kier alpha value is -3.09. The van der Waals surface area contributed by atoms with Gasteiger partial charge in [-0.3, -0.25) is 9.69 Å². The number of carbonyl (C=O) groups excluding carboxylic acids is 1. The molecule has 1 fully saturated rings. The standard InChI is InChI=1S/C25H27N3O3/c1-26-9-11-27(12-10-26)13-14-28-17-18(21-16-19(30-2)7-8-22(21)28)15-24-25(29)20-5-3-4-6-23(20)31-24/h3-8,15-17H,9-14H2,1-2H3/b24-15-. The molecule has 0 atom stereocenters. The van der Waals surface area contributed by atoms with E-state index in [4.69, 9.17) is 9.47 Å². The highest BCUT2D eigenvalue weighted by Crippen LogP contribution is 2.33. The molecule has 3 heterocycles. The quantitative estimate of drug-likeness (QED) is 0.595. The van der Waals surface area contributed by atoms with Gasteiger partial charge in [0, 0.05) is 61.9 Å². The molecule has 0 unspecified atom stereocenters. The number of likely N-dealkylation sites (N-methyl/N-ethyl adjacent to an activating group) is 1. The number of para-hydroxylation sites is 1.